The average Bonchev–Trinajstić information content (AvgIpc) is 3.17. The number of piperazine rings is 1. The second kappa shape index (κ2) is 11.0. The van der Waals surface area contributed by atoms with E-state index in [1.54, 1.807) is 11.9 Å². The molecule has 0 aromatic heterocycles. The molecule has 3 saturated heterocycles. The zero-order valence-electron chi connectivity index (χ0n) is 22.7. The molecule has 0 bridgehead atoms. The summed E-state index contributed by atoms with van der Waals surface area (Å²) in [6.07, 6.45) is 2.67. The van der Waals surface area contributed by atoms with E-state index in [-0.39, 0.29) is 36.2 Å². The molecule has 3 aliphatic rings. The minimum atomic E-state index is -0.528. The lowest BCUT2D eigenvalue weighted by Crippen LogP contribution is -2.49. The monoisotopic (exact) mass is 516 g/mol. The maximum absolute atomic E-state index is 13.2. The number of carbonyl (C=O) groups is 3. The first-order valence-electron chi connectivity index (χ1n) is 13.4. The number of halogens is 1. The molecular formula is C28H41FN4O4. The molecule has 0 aliphatic carbocycles. The van der Waals surface area contributed by atoms with Crippen LogP contribution in [-0.4, -0.2) is 98.0 Å². The van der Waals surface area contributed by atoms with Crippen LogP contribution in [0.25, 0.3) is 0 Å². The van der Waals surface area contributed by atoms with Crippen LogP contribution in [-0.2, 0) is 19.1 Å². The number of benzene rings is 1. The van der Waals surface area contributed by atoms with Crippen molar-refractivity contribution in [3.63, 3.8) is 0 Å². The van der Waals surface area contributed by atoms with E-state index in [0.29, 0.717) is 32.4 Å². The van der Waals surface area contributed by atoms with Gasteiger partial charge in [-0.2, -0.15) is 0 Å². The molecule has 0 N–H and O–H groups in total. The summed E-state index contributed by atoms with van der Waals surface area (Å²) in [6.45, 7) is 11.1. The Balaban J connectivity index is 1.20. The van der Waals surface area contributed by atoms with Gasteiger partial charge in [0.1, 0.15) is 11.9 Å². The van der Waals surface area contributed by atoms with Crippen molar-refractivity contribution in [2.75, 3.05) is 64.3 Å². The smallest absolute Gasteiger partial charge is 0.312 e. The molecule has 1 atom stereocenters. The quantitative estimate of drug-likeness (QED) is 0.542. The Hall–Kier alpha value is -2.68. The fourth-order valence-electron chi connectivity index (χ4n) is 5.75. The third-order valence-electron chi connectivity index (χ3n) is 8.09. The highest BCUT2D eigenvalue weighted by molar-refractivity contribution is 5.87. The van der Waals surface area contributed by atoms with Gasteiger partial charge in [-0.25, -0.2) is 4.39 Å². The van der Waals surface area contributed by atoms with Crippen LogP contribution in [0.3, 0.4) is 0 Å². The molecule has 1 aromatic rings. The highest BCUT2D eigenvalue weighted by atomic mass is 19.1. The minimum absolute atomic E-state index is 0.0601. The lowest BCUT2D eigenvalue weighted by molar-refractivity contribution is -0.153. The van der Waals surface area contributed by atoms with E-state index in [4.69, 9.17) is 4.74 Å². The largest absolute Gasteiger partial charge is 0.462 e. The number of amides is 2. The van der Waals surface area contributed by atoms with Crippen molar-refractivity contribution in [2.45, 2.75) is 52.6 Å². The summed E-state index contributed by atoms with van der Waals surface area (Å²) in [5, 5.41) is 0. The molecule has 8 nitrogen and oxygen atoms in total. The van der Waals surface area contributed by atoms with Crippen molar-refractivity contribution in [3.8, 4) is 0 Å². The maximum atomic E-state index is 13.2. The minimum Gasteiger partial charge on any atom is -0.462 e. The van der Waals surface area contributed by atoms with Crippen molar-refractivity contribution in [1.82, 2.24) is 14.7 Å². The van der Waals surface area contributed by atoms with Crippen molar-refractivity contribution < 1.29 is 23.5 Å². The van der Waals surface area contributed by atoms with Crippen LogP contribution in [0.5, 0.6) is 0 Å². The van der Waals surface area contributed by atoms with E-state index in [1.165, 1.54) is 17.0 Å². The fraction of sp³-hybridized carbons (Fsp3) is 0.679. The second-order valence-electron chi connectivity index (χ2n) is 11.9. The highest BCUT2D eigenvalue weighted by Gasteiger charge is 2.50. The van der Waals surface area contributed by atoms with Crippen LogP contribution in [0.4, 0.5) is 10.1 Å². The number of rotatable bonds is 6. The van der Waals surface area contributed by atoms with Crippen LogP contribution in [0.1, 0.15) is 46.5 Å². The Morgan fingerprint density at radius 1 is 1.05 bits per heavy atom. The number of likely N-dealkylation sites (N-methyl/N-ethyl adjacent to an activating group) is 1. The second-order valence-corrected chi connectivity index (χ2v) is 11.9. The van der Waals surface area contributed by atoms with Gasteiger partial charge in [0.05, 0.1) is 12.0 Å². The predicted octanol–water partition coefficient (Wildman–Crippen LogP) is 2.77. The van der Waals surface area contributed by atoms with Crippen molar-refractivity contribution in [1.29, 1.82) is 0 Å². The number of piperidine rings is 1. The van der Waals surface area contributed by atoms with Gasteiger partial charge in [-0.15, -0.1) is 0 Å². The van der Waals surface area contributed by atoms with Crippen LogP contribution >= 0.6 is 0 Å². The lowest BCUT2D eigenvalue weighted by atomic mass is 9.75. The summed E-state index contributed by atoms with van der Waals surface area (Å²) in [5.74, 6) is -0.472. The van der Waals surface area contributed by atoms with E-state index in [2.05, 4.69) is 9.80 Å². The van der Waals surface area contributed by atoms with Gasteiger partial charge in [0.25, 0.3) is 0 Å². The summed E-state index contributed by atoms with van der Waals surface area (Å²) in [5.41, 5.74) is 0.0281. The van der Waals surface area contributed by atoms with Crippen LogP contribution in [0, 0.1) is 16.6 Å². The molecule has 1 spiro atoms. The number of cyclic esters (lactones) is 1. The zero-order valence-corrected chi connectivity index (χ0v) is 22.7. The number of carbonyl (C=O) groups excluding carboxylic acids is 3. The molecule has 4 rings (SSSR count). The summed E-state index contributed by atoms with van der Waals surface area (Å²) in [4.78, 5) is 46.0. The van der Waals surface area contributed by atoms with Crippen molar-refractivity contribution >= 4 is 23.5 Å². The first kappa shape index (κ1) is 27.4. The summed E-state index contributed by atoms with van der Waals surface area (Å²) in [6, 6.07) is 6.65. The molecule has 3 fully saturated rings. The molecule has 3 heterocycles. The standard InChI is InChI=1S/C28H41FN4O4/c1-27(2,3)25(35)30(4)20-24(34)33-13-10-28(11-14-33)19-23(37-26(28)36)9-12-31-15-17-32(18-16-31)22-7-5-21(29)6-8-22/h5-8,23H,9-20H2,1-4H3/t23-/m0/s1. The molecule has 0 radical (unpaired) electrons. The topological polar surface area (TPSA) is 73.4 Å². The number of hydrogen-bond donors (Lipinski definition) is 0. The van der Waals surface area contributed by atoms with E-state index in [1.807, 2.05) is 32.9 Å². The fourth-order valence-corrected chi connectivity index (χ4v) is 5.75. The van der Waals surface area contributed by atoms with Gasteiger partial charge in [-0.05, 0) is 43.5 Å². The summed E-state index contributed by atoms with van der Waals surface area (Å²) < 4.78 is 19.0. The highest BCUT2D eigenvalue weighted by Crippen LogP contribution is 2.44. The number of likely N-dealkylation sites (tertiary alicyclic amines) is 1. The molecular weight excluding hydrogens is 475 g/mol. The summed E-state index contributed by atoms with van der Waals surface area (Å²) >= 11 is 0. The molecule has 0 unspecified atom stereocenters. The van der Waals surface area contributed by atoms with Gasteiger partial charge >= 0.3 is 5.97 Å². The Morgan fingerprint density at radius 2 is 1.68 bits per heavy atom. The normalized spacial score (nSPS) is 22.3. The molecule has 204 valence electrons. The van der Waals surface area contributed by atoms with Crippen molar-refractivity contribution in [2.24, 2.45) is 10.8 Å². The van der Waals surface area contributed by atoms with E-state index < -0.39 is 10.8 Å². The number of nitrogens with zero attached hydrogens (tertiary/aromatic N) is 4. The van der Waals surface area contributed by atoms with Crippen LogP contribution in [0.2, 0.25) is 0 Å². The Kier molecular flexibility index (Phi) is 8.11. The van der Waals surface area contributed by atoms with Gasteiger partial charge in [-0.3, -0.25) is 19.3 Å². The molecule has 2 amide bonds. The third-order valence-corrected chi connectivity index (χ3v) is 8.09. The van der Waals surface area contributed by atoms with Crippen LogP contribution < -0.4 is 4.90 Å². The van der Waals surface area contributed by atoms with E-state index >= 15 is 0 Å². The zero-order chi connectivity index (χ0) is 26.8. The first-order chi connectivity index (χ1) is 17.5. The molecule has 9 heteroatoms. The van der Waals surface area contributed by atoms with Crippen LogP contribution in [0.15, 0.2) is 24.3 Å². The number of hydrogen-bond acceptors (Lipinski definition) is 6. The van der Waals surface area contributed by atoms with Gasteiger partial charge in [-0.1, -0.05) is 20.8 Å². The molecule has 1 aromatic carbocycles. The Bertz CT molecular complexity index is 977. The maximum Gasteiger partial charge on any atom is 0.312 e. The number of esters is 1. The number of anilines is 1. The van der Waals surface area contributed by atoms with Crippen molar-refractivity contribution in [3.05, 3.63) is 30.1 Å². The summed E-state index contributed by atoms with van der Waals surface area (Å²) in [7, 11) is 1.67. The lowest BCUT2D eigenvalue weighted by Gasteiger charge is -2.37. The van der Waals surface area contributed by atoms with E-state index in [9.17, 15) is 18.8 Å². The average molecular weight is 517 g/mol. The first-order valence-corrected chi connectivity index (χ1v) is 13.4. The molecule has 3 aliphatic heterocycles. The predicted molar refractivity (Wildman–Crippen MR) is 140 cm³/mol. The van der Waals surface area contributed by atoms with Gasteiger partial charge in [0.15, 0.2) is 0 Å². The SMILES string of the molecule is CN(CC(=O)N1CCC2(CC1)C[C@H](CCN1CCN(c3ccc(F)cc3)CC1)OC2=O)C(=O)C(C)(C)C. The third kappa shape index (κ3) is 6.43. The Labute approximate surface area is 219 Å². The molecule has 0 saturated carbocycles. The number of ether oxygens (including phenoxy) is 1. The van der Waals surface area contributed by atoms with Gasteiger partial charge in [0, 0.05) is 70.4 Å². The van der Waals surface area contributed by atoms with Gasteiger partial charge < -0.3 is 19.4 Å². The van der Waals surface area contributed by atoms with E-state index in [0.717, 1.165) is 44.8 Å². The molecule has 37 heavy (non-hydrogen) atoms. The Morgan fingerprint density at radius 3 is 2.27 bits per heavy atom. The van der Waals surface area contributed by atoms with Gasteiger partial charge in [0.2, 0.25) is 11.8 Å².